The molecule has 0 radical (unpaired) electrons. The van der Waals surface area contributed by atoms with Crippen LogP contribution in [-0.4, -0.2) is 4.57 Å². The average molecular weight is 160 g/mol. The van der Waals surface area contributed by atoms with Gasteiger partial charge in [0, 0.05) is 11.5 Å². The number of hydrogen-bond donors (Lipinski definition) is 0. The molecule has 0 saturated heterocycles. The van der Waals surface area contributed by atoms with Crippen LogP contribution < -0.4 is 4.43 Å². The van der Waals surface area contributed by atoms with Crippen LogP contribution >= 0.6 is 11.6 Å². The van der Waals surface area contributed by atoms with E-state index in [4.69, 9.17) is 11.6 Å². The Morgan fingerprint density at radius 3 is 3.00 bits per heavy atom. The Bertz CT molecular complexity index is 281. The topological polar surface area (TPSA) is 27.9 Å². The number of aromatic nitrogens is 2. The van der Waals surface area contributed by atoms with Crippen molar-refractivity contribution in [2.45, 2.75) is 13.5 Å². The molecule has 0 unspecified atom stereocenters. The second-order valence-electron chi connectivity index (χ2n) is 1.91. The minimum atomic E-state index is 0.198. The highest BCUT2D eigenvalue weighted by atomic mass is 35.5. The highest BCUT2D eigenvalue weighted by Gasteiger charge is 2.01. The summed E-state index contributed by atoms with van der Waals surface area (Å²) in [6, 6.07) is 0. The Morgan fingerprint density at radius 2 is 2.50 bits per heavy atom. The van der Waals surface area contributed by atoms with Gasteiger partial charge < -0.3 is 4.57 Å². The minimum absolute atomic E-state index is 0.198. The van der Waals surface area contributed by atoms with Gasteiger partial charge in [0.05, 0.1) is 16.8 Å². The van der Waals surface area contributed by atoms with Gasteiger partial charge in [0.1, 0.15) is 0 Å². The first-order valence-corrected chi connectivity index (χ1v) is 3.39. The predicted molar refractivity (Wildman–Crippen MR) is 38.5 cm³/mol. The van der Waals surface area contributed by atoms with Gasteiger partial charge in [-0.3, -0.25) is 0 Å². The summed E-state index contributed by atoms with van der Waals surface area (Å²) in [5, 5.41) is 0.198. The Labute approximate surface area is 63.5 Å². The molecule has 1 aromatic rings. The normalized spacial score (nSPS) is 9.80. The molecule has 4 heteroatoms. The molecule has 0 N–H and O–H groups in total. The molecule has 1 heterocycles. The van der Waals surface area contributed by atoms with Crippen LogP contribution in [-0.2, 0) is 6.54 Å². The molecule has 1 aromatic heterocycles. The van der Waals surface area contributed by atoms with E-state index < -0.39 is 0 Å². The predicted octanol–water partition coefficient (Wildman–Crippen LogP) is 1.08. The fraction of sp³-hybridized carbons (Fsp3) is 0.333. The summed E-state index contributed by atoms with van der Waals surface area (Å²) in [5.41, 5.74) is 0. The van der Waals surface area contributed by atoms with Crippen molar-refractivity contribution in [1.29, 1.82) is 0 Å². The summed E-state index contributed by atoms with van der Waals surface area (Å²) in [6.07, 6.45) is 4.65. The van der Waals surface area contributed by atoms with Crippen molar-refractivity contribution < 1.29 is 4.43 Å². The summed E-state index contributed by atoms with van der Waals surface area (Å²) < 4.78 is 2.45. The molecule has 0 aliphatic rings. The maximum Gasteiger partial charge on any atom is 0.346 e. The highest BCUT2D eigenvalue weighted by molar-refractivity contribution is 6.28. The molecular weight excluding hydrogens is 152 g/mol. The van der Waals surface area contributed by atoms with Crippen LogP contribution in [0, 0.1) is 4.91 Å². The van der Waals surface area contributed by atoms with Gasteiger partial charge in [-0.15, -0.1) is 0 Å². The Hall–Kier alpha value is -0.830. The molecule has 3 nitrogen and oxygen atoms in total. The first kappa shape index (κ1) is 7.28. The fourth-order valence-electron chi connectivity index (χ4n) is 0.651. The molecule has 1 rings (SSSR count). The zero-order valence-electron chi connectivity index (χ0n) is 5.62. The van der Waals surface area contributed by atoms with E-state index in [9.17, 15) is 4.91 Å². The van der Waals surface area contributed by atoms with Crippen molar-refractivity contribution in [1.82, 2.24) is 4.57 Å². The summed E-state index contributed by atoms with van der Waals surface area (Å²) in [4.78, 5) is 10.7. The van der Waals surface area contributed by atoms with Crippen molar-refractivity contribution in [3.8, 4) is 0 Å². The van der Waals surface area contributed by atoms with Crippen LogP contribution in [0.3, 0.4) is 0 Å². The molecule has 54 valence electrons. The maximum absolute atomic E-state index is 10.7. The molecule has 0 aliphatic heterocycles. The van der Waals surface area contributed by atoms with Crippen molar-refractivity contribution in [3.63, 3.8) is 0 Å². The molecule has 0 bridgehead atoms. The van der Waals surface area contributed by atoms with E-state index in [1.807, 2.05) is 11.5 Å². The van der Waals surface area contributed by atoms with Gasteiger partial charge in [0.2, 0.25) is 6.20 Å². The second-order valence-corrected chi connectivity index (χ2v) is 2.29. The lowest BCUT2D eigenvalue weighted by Crippen LogP contribution is -2.16. The number of aryl methyl sites for hydroxylation is 1. The van der Waals surface area contributed by atoms with Gasteiger partial charge in [-0.1, -0.05) is 0 Å². The average Bonchev–Trinajstić information content (AvgIpc) is 1.95. The lowest BCUT2D eigenvalue weighted by Gasteiger charge is -1.94. The van der Waals surface area contributed by atoms with Gasteiger partial charge in [0.25, 0.3) is 0 Å². The lowest BCUT2D eigenvalue weighted by molar-refractivity contribution is -0.493. The minimum Gasteiger partial charge on any atom is -0.342 e. The molecule has 0 saturated carbocycles. The van der Waals surface area contributed by atoms with Gasteiger partial charge in [-0.25, -0.2) is 0 Å². The summed E-state index contributed by atoms with van der Waals surface area (Å²) in [7, 11) is 0. The standard InChI is InChI=1S/C6H8ClN2O/c1-2-8-3-4-9(10)6(7)5-8/h3-5H,2H2,1H3/q+1. The third-order valence-corrected chi connectivity index (χ3v) is 1.51. The van der Waals surface area contributed by atoms with Gasteiger partial charge in [-0.05, 0) is 18.5 Å². The van der Waals surface area contributed by atoms with Crippen LogP contribution in [0.2, 0.25) is 5.15 Å². The van der Waals surface area contributed by atoms with Crippen molar-refractivity contribution in [3.05, 3.63) is 28.7 Å². The first-order chi connectivity index (χ1) is 4.74. The van der Waals surface area contributed by atoms with E-state index in [0.29, 0.717) is 4.43 Å². The third kappa shape index (κ3) is 1.36. The molecule has 0 amide bonds. The monoisotopic (exact) mass is 159 g/mol. The quantitative estimate of drug-likeness (QED) is 0.564. The van der Waals surface area contributed by atoms with Gasteiger partial charge >= 0.3 is 5.15 Å². The van der Waals surface area contributed by atoms with Crippen LogP contribution in [0.4, 0.5) is 0 Å². The number of nitrogens with zero attached hydrogens (tertiary/aromatic N) is 2. The van der Waals surface area contributed by atoms with Crippen LogP contribution in [0.25, 0.3) is 0 Å². The molecule has 0 aromatic carbocycles. The maximum atomic E-state index is 10.7. The largest absolute Gasteiger partial charge is 0.346 e. The third-order valence-electron chi connectivity index (χ3n) is 1.24. The van der Waals surface area contributed by atoms with Crippen molar-refractivity contribution in [2.75, 3.05) is 0 Å². The molecule has 0 atom stereocenters. The van der Waals surface area contributed by atoms with Gasteiger partial charge in [-0.2, -0.15) is 0 Å². The lowest BCUT2D eigenvalue weighted by atomic mass is 10.6. The molecule has 0 fully saturated rings. The second kappa shape index (κ2) is 2.84. The van der Waals surface area contributed by atoms with Crippen molar-refractivity contribution >= 4 is 11.6 Å². The highest BCUT2D eigenvalue weighted by Crippen LogP contribution is 1.96. The summed E-state index contributed by atoms with van der Waals surface area (Å²) >= 11 is 5.52. The summed E-state index contributed by atoms with van der Waals surface area (Å²) in [6.45, 7) is 2.80. The Morgan fingerprint density at radius 1 is 1.80 bits per heavy atom. The van der Waals surface area contributed by atoms with E-state index in [0.717, 1.165) is 6.54 Å². The molecule has 0 spiro atoms. The number of halogens is 1. The van der Waals surface area contributed by atoms with E-state index >= 15 is 0 Å². The molecule has 0 aliphatic carbocycles. The molecule has 10 heavy (non-hydrogen) atoms. The first-order valence-electron chi connectivity index (χ1n) is 3.02. The van der Waals surface area contributed by atoms with E-state index in [1.165, 1.54) is 6.20 Å². The van der Waals surface area contributed by atoms with E-state index in [1.54, 1.807) is 12.4 Å². The van der Waals surface area contributed by atoms with Crippen LogP contribution in [0.15, 0.2) is 18.6 Å². The van der Waals surface area contributed by atoms with Crippen molar-refractivity contribution in [2.24, 2.45) is 0 Å². The Kier molecular flexibility index (Phi) is 2.06. The SMILES string of the molecule is CCn1cc[n+](=O)c(Cl)c1. The van der Waals surface area contributed by atoms with E-state index in [2.05, 4.69) is 0 Å². The zero-order valence-corrected chi connectivity index (χ0v) is 6.38. The molecular formula is C6H8ClN2O+. The van der Waals surface area contributed by atoms with Crippen LogP contribution in [0.1, 0.15) is 6.92 Å². The Balaban J connectivity index is 3.17. The number of rotatable bonds is 1. The van der Waals surface area contributed by atoms with Gasteiger partial charge in [0.15, 0.2) is 0 Å². The van der Waals surface area contributed by atoms with E-state index in [-0.39, 0.29) is 5.15 Å². The summed E-state index contributed by atoms with van der Waals surface area (Å²) in [5.74, 6) is 0. The fourth-order valence-corrected chi connectivity index (χ4v) is 0.833. The smallest absolute Gasteiger partial charge is 0.342 e. The zero-order chi connectivity index (χ0) is 7.56. The van der Waals surface area contributed by atoms with Crippen LogP contribution in [0.5, 0.6) is 0 Å². The number of hydrogen-bond acceptors (Lipinski definition) is 1.